The molecule has 0 radical (unpaired) electrons. The lowest BCUT2D eigenvalue weighted by molar-refractivity contribution is 0.104. The second kappa shape index (κ2) is 6.10. The highest BCUT2D eigenvalue weighted by molar-refractivity contribution is 6.07. The van der Waals surface area contributed by atoms with Gasteiger partial charge in [0.2, 0.25) is 0 Å². The minimum absolute atomic E-state index is 0.0378. The van der Waals surface area contributed by atoms with Gasteiger partial charge in [-0.2, -0.15) is 0 Å². The maximum Gasteiger partial charge on any atom is 0.188 e. The quantitative estimate of drug-likeness (QED) is 0.625. The molecule has 0 aliphatic heterocycles. The lowest BCUT2D eigenvalue weighted by atomic mass is 10.1. The molecule has 2 nitrogen and oxygen atoms in total. The number of allylic oxidation sites excluding steroid dienone is 1. The molecule has 0 spiro atoms. The van der Waals surface area contributed by atoms with Crippen LogP contribution in [-0.2, 0) is 0 Å². The van der Waals surface area contributed by atoms with Gasteiger partial charge in [0.1, 0.15) is 17.4 Å². The second-order valence-electron chi connectivity index (χ2n) is 4.09. The van der Waals surface area contributed by atoms with Crippen LogP contribution in [0.2, 0.25) is 0 Å². The molecule has 0 atom stereocenters. The Bertz CT molecular complexity index is 646. The minimum Gasteiger partial charge on any atom is -0.497 e. The molecule has 4 heteroatoms. The molecule has 0 bridgehead atoms. The van der Waals surface area contributed by atoms with E-state index in [-0.39, 0.29) is 11.4 Å². The monoisotopic (exact) mass is 274 g/mol. The molecular weight excluding hydrogens is 262 g/mol. The summed E-state index contributed by atoms with van der Waals surface area (Å²) in [6, 6.07) is 9.68. The molecule has 0 heterocycles. The van der Waals surface area contributed by atoms with E-state index in [4.69, 9.17) is 4.74 Å². The molecule has 0 saturated carbocycles. The van der Waals surface area contributed by atoms with E-state index in [0.29, 0.717) is 11.3 Å². The van der Waals surface area contributed by atoms with Gasteiger partial charge >= 0.3 is 0 Å². The van der Waals surface area contributed by atoms with Gasteiger partial charge in [-0.1, -0.05) is 18.2 Å². The minimum atomic E-state index is -0.641. The first-order valence-corrected chi connectivity index (χ1v) is 5.91. The lowest BCUT2D eigenvalue weighted by Crippen LogP contribution is -1.99. The average molecular weight is 274 g/mol. The maximum absolute atomic E-state index is 13.7. The van der Waals surface area contributed by atoms with Gasteiger partial charge in [-0.3, -0.25) is 4.79 Å². The van der Waals surface area contributed by atoms with Gasteiger partial charge in [0.25, 0.3) is 0 Å². The highest BCUT2D eigenvalue weighted by Crippen LogP contribution is 2.17. The molecule has 0 aliphatic carbocycles. The summed E-state index contributed by atoms with van der Waals surface area (Å²) >= 11 is 0. The van der Waals surface area contributed by atoms with E-state index >= 15 is 0 Å². The zero-order valence-electron chi connectivity index (χ0n) is 10.8. The number of ether oxygens (including phenoxy) is 1. The van der Waals surface area contributed by atoms with Crippen LogP contribution in [0.4, 0.5) is 8.78 Å². The van der Waals surface area contributed by atoms with Crippen molar-refractivity contribution < 1.29 is 18.3 Å². The predicted octanol–water partition coefficient (Wildman–Crippen LogP) is 3.87. The number of benzene rings is 2. The molecule has 102 valence electrons. The zero-order valence-corrected chi connectivity index (χ0v) is 10.8. The Hall–Kier alpha value is -2.49. The van der Waals surface area contributed by atoms with Gasteiger partial charge < -0.3 is 4.74 Å². The van der Waals surface area contributed by atoms with Crippen molar-refractivity contribution >= 4 is 11.9 Å². The Labute approximate surface area is 115 Å². The van der Waals surface area contributed by atoms with E-state index in [1.807, 2.05) is 0 Å². The van der Waals surface area contributed by atoms with Crippen molar-refractivity contribution in [2.45, 2.75) is 0 Å². The molecule has 2 rings (SSSR count). The lowest BCUT2D eigenvalue weighted by Gasteiger charge is -2.02. The third-order valence-corrected chi connectivity index (χ3v) is 2.74. The number of halogens is 2. The zero-order chi connectivity index (χ0) is 14.5. The Balaban J connectivity index is 2.17. The summed E-state index contributed by atoms with van der Waals surface area (Å²) < 4.78 is 31.3. The maximum atomic E-state index is 13.7. The summed E-state index contributed by atoms with van der Waals surface area (Å²) in [5.41, 5.74) is 0.623. The standard InChI is InChI=1S/C16H12F2O2/c1-20-13-7-8-14(15(18)10-13)16(19)9-4-11-2-5-12(17)6-3-11/h2-10H,1H3/b9-4+. The van der Waals surface area contributed by atoms with Gasteiger partial charge in [0, 0.05) is 6.07 Å². The van der Waals surface area contributed by atoms with Gasteiger partial charge in [0.05, 0.1) is 12.7 Å². The van der Waals surface area contributed by atoms with Gasteiger partial charge in [0.15, 0.2) is 5.78 Å². The fourth-order valence-electron chi connectivity index (χ4n) is 1.66. The average Bonchev–Trinajstić information content (AvgIpc) is 2.46. The topological polar surface area (TPSA) is 26.3 Å². The van der Waals surface area contributed by atoms with Crippen molar-refractivity contribution in [2.75, 3.05) is 7.11 Å². The molecule has 0 unspecified atom stereocenters. The number of ketones is 1. The van der Waals surface area contributed by atoms with Gasteiger partial charge in [-0.15, -0.1) is 0 Å². The third kappa shape index (κ3) is 3.29. The Morgan fingerprint density at radius 2 is 1.80 bits per heavy atom. The van der Waals surface area contributed by atoms with Gasteiger partial charge in [-0.25, -0.2) is 8.78 Å². The smallest absolute Gasteiger partial charge is 0.188 e. The molecule has 20 heavy (non-hydrogen) atoms. The number of carbonyl (C=O) groups is 1. The summed E-state index contributed by atoms with van der Waals surface area (Å²) in [6.07, 6.45) is 2.75. The molecule has 2 aromatic carbocycles. The predicted molar refractivity (Wildman–Crippen MR) is 72.7 cm³/mol. The molecule has 0 N–H and O–H groups in total. The fraction of sp³-hybridized carbons (Fsp3) is 0.0625. The molecule has 0 saturated heterocycles. The Morgan fingerprint density at radius 3 is 2.40 bits per heavy atom. The van der Waals surface area contributed by atoms with Crippen LogP contribution in [0, 0.1) is 11.6 Å². The Kier molecular flexibility index (Phi) is 4.25. The third-order valence-electron chi connectivity index (χ3n) is 2.74. The molecule has 2 aromatic rings. The van der Waals surface area contributed by atoms with Crippen LogP contribution in [0.15, 0.2) is 48.5 Å². The van der Waals surface area contributed by atoms with Crippen molar-refractivity contribution in [3.05, 3.63) is 71.3 Å². The second-order valence-corrected chi connectivity index (χ2v) is 4.09. The van der Waals surface area contributed by atoms with Crippen molar-refractivity contribution in [3.63, 3.8) is 0 Å². The normalized spacial score (nSPS) is 10.8. The van der Waals surface area contributed by atoms with Crippen LogP contribution in [0.5, 0.6) is 5.75 Å². The van der Waals surface area contributed by atoms with E-state index < -0.39 is 11.6 Å². The number of carbonyl (C=O) groups excluding carboxylic acids is 1. The number of methoxy groups -OCH3 is 1. The van der Waals surface area contributed by atoms with E-state index in [2.05, 4.69) is 0 Å². The first-order valence-electron chi connectivity index (χ1n) is 5.91. The summed E-state index contributed by atoms with van der Waals surface area (Å²) in [7, 11) is 1.42. The molecule has 0 amide bonds. The van der Waals surface area contributed by atoms with Crippen molar-refractivity contribution in [2.24, 2.45) is 0 Å². The van der Waals surface area contributed by atoms with E-state index in [0.717, 1.165) is 6.07 Å². The SMILES string of the molecule is COc1ccc(C(=O)/C=C/c2ccc(F)cc2)c(F)c1. The first-order chi connectivity index (χ1) is 9.60. The summed E-state index contributed by atoms with van der Waals surface area (Å²) in [6.45, 7) is 0. The van der Waals surface area contributed by atoms with Crippen LogP contribution in [0.1, 0.15) is 15.9 Å². The molecule has 0 aliphatic rings. The van der Waals surface area contributed by atoms with Crippen molar-refractivity contribution in [1.82, 2.24) is 0 Å². The summed E-state index contributed by atoms with van der Waals surface area (Å²) in [5, 5.41) is 0. The molecule has 0 aromatic heterocycles. The van der Waals surface area contributed by atoms with Crippen molar-refractivity contribution in [1.29, 1.82) is 0 Å². The number of rotatable bonds is 4. The summed E-state index contributed by atoms with van der Waals surface area (Å²) in [4.78, 5) is 11.9. The molecular formula is C16H12F2O2. The van der Waals surface area contributed by atoms with Crippen LogP contribution in [0.3, 0.4) is 0 Å². The van der Waals surface area contributed by atoms with Crippen LogP contribution >= 0.6 is 0 Å². The number of hydrogen-bond acceptors (Lipinski definition) is 2. The van der Waals surface area contributed by atoms with E-state index in [1.54, 1.807) is 0 Å². The molecule has 0 fully saturated rings. The van der Waals surface area contributed by atoms with Crippen LogP contribution < -0.4 is 4.74 Å². The van der Waals surface area contributed by atoms with E-state index in [1.165, 1.54) is 55.7 Å². The van der Waals surface area contributed by atoms with Crippen molar-refractivity contribution in [3.8, 4) is 5.75 Å². The highest BCUT2D eigenvalue weighted by atomic mass is 19.1. The fourth-order valence-corrected chi connectivity index (χ4v) is 1.66. The van der Waals surface area contributed by atoms with E-state index in [9.17, 15) is 13.6 Å². The highest BCUT2D eigenvalue weighted by Gasteiger charge is 2.09. The first kappa shape index (κ1) is 13.9. The van der Waals surface area contributed by atoms with Crippen LogP contribution in [-0.4, -0.2) is 12.9 Å². The largest absolute Gasteiger partial charge is 0.497 e. The Morgan fingerprint density at radius 1 is 1.10 bits per heavy atom. The van der Waals surface area contributed by atoms with Gasteiger partial charge in [-0.05, 0) is 35.9 Å². The summed E-state index contributed by atoms with van der Waals surface area (Å²) in [5.74, 6) is -1.11. The van der Waals surface area contributed by atoms with Crippen LogP contribution in [0.25, 0.3) is 6.08 Å². The number of hydrogen-bond donors (Lipinski definition) is 0.